The molecule has 4 rings (SSSR count). The molecule has 0 aliphatic carbocycles. The molecule has 8 heteroatoms. The van der Waals surface area contributed by atoms with Crippen LogP contribution in [0.2, 0.25) is 0 Å². The zero-order chi connectivity index (χ0) is 19.5. The highest BCUT2D eigenvalue weighted by atomic mass is 16.5. The zero-order valence-electron chi connectivity index (χ0n) is 15.6. The van der Waals surface area contributed by atoms with Gasteiger partial charge in [0.15, 0.2) is 11.6 Å². The lowest BCUT2D eigenvalue weighted by Gasteiger charge is -2.31. The molecular weight excluding hydrogens is 358 g/mol. The number of anilines is 2. The molecule has 3 N–H and O–H groups in total. The predicted molar refractivity (Wildman–Crippen MR) is 105 cm³/mol. The van der Waals surface area contributed by atoms with E-state index in [1.807, 2.05) is 4.90 Å². The van der Waals surface area contributed by atoms with Gasteiger partial charge in [0, 0.05) is 30.9 Å². The lowest BCUT2D eigenvalue weighted by atomic mass is 9.96. The lowest BCUT2D eigenvalue weighted by molar-refractivity contribution is -0.115. The number of benzene rings is 1. The van der Waals surface area contributed by atoms with Gasteiger partial charge in [-0.1, -0.05) is 12.1 Å². The lowest BCUT2D eigenvalue weighted by Crippen LogP contribution is -2.40. The third-order valence-electron chi connectivity index (χ3n) is 5.26. The van der Waals surface area contributed by atoms with Gasteiger partial charge in [0.05, 0.1) is 18.4 Å². The van der Waals surface area contributed by atoms with Crippen LogP contribution in [0.5, 0.6) is 0 Å². The van der Waals surface area contributed by atoms with Crippen molar-refractivity contribution in [3.63, 3.8) is 0 Å². The van der Waals surface area contributed by atoms with Crippen LogP contribution < -0.4 is 16.0 Å². The number of hydrogen-bond acceptors (Lipinski definition) is 6. The second kappa shape index (κ2) is 7.93. The van der Waals surface area contributed by atoms with Crippen LogP contribution in [-0.2, 0) is 9.53 Å². The molecule has 2 amide bonds. The van der Waals surface area contributed by atoms with E-state index in [1.54, 1.807) is 30.5 Å². The van der Waals surface area contributed by atoms with Gasteiger partial charge in [0.25, 0.3) is 0 Å². The van der Waals surface area contributed by atoms with Gasteiger partial charge in [-0.3, -0.25) is 9.59 Å². The van der Waals surface area contributed by atoms with Gasteiger partial charge >= 0.3 is 0 Å². The Labute approximate surface area is 163 Å². The van der Waals surface area contributed by atoms with Crippen LogP contribution in [0.4, 0.5) is 11.6 Å². The summed E-state index contributed by atoms with van der Waals surface area (Å²) in [4.78, 5) is 34.5. The first-order valence-electron chi connectivity index (χ1n) is 9.50. The normalized spacial score (nSPS) is 17.1. The Hall–Kier alpha value is -3.00. The average Bonchev–Trinajstić information content (AvgIpc) is 2.72. The summed E-state index contributed by atoms with van der Waals surface area (Å²) in [6, 6.07) is 6.93. The highest BCUT2D eigenvalue weighted by Gasteiger charge is 2.26. The van der Waals surface area contributed by atoms with E-state index in [-0.39, 0.29) is 12.5 Å². The molecule has 1 saturated heterocycles. The number of nitrogens with zero attached hydrogens (tertiary/aromatic N) is 3. The highest BCUT2D eigenvalue weighted by Crippen LogP contribution is 2.30. The molecule has 0 unspecified atom stereocenters. The van der Waals surface area contributed by atoms with E-state index >= 15 is 0 Å². The molecular formula is C20H23N5O3. The standard InChI is InChI=1S/C20H23N5O3/c21-18(27)15-3-1-14(2-4-15)16-11-22-19-20(23-16)25(12-17(26)24-19)8-5-13-6-9-28-10-7-13/h1-4,11,13H,5-10,12H2,(H2,21,27)(H,22,24,26). The number of amides is 2. The minimum atomic E-state index is -0.468. The number of ether oxygens (including phenoxy) is 1. The molecule has 0 atom stereocenters. The van der Waals surface area contributed by atoms with Crippen LogP contribution in [0.1, 0.15) is 29.6 Å². The molecule has 3 heterocycles. The van der Waals surface area contributed by atoms with E-state index in [2.05, 4.69) is 10.3 Å². The third kappa shape index (κ3) is 3.96. The summed E-state index contributed by atoms with van der Waals surface area (Å²) in [6.45, 7) is 2.65. The Morgan fingerprint density at radius 3 is 2.71 bits per heavy atom. The first kappa shape index (κ1) is 18.4. The number of carbonyl (C=O) groups is 2. The van der Waals surface area contributed by atoms with Gasteiger partial charge in [-0.05, 0) is 37.3 Å². The number of carbonyl (C=O) groups excluding carboxylic acids is 2. The van der Waals surface area contributed by atoms with Gasteiger partial charge < -0.3 is 20.7 Å². The maximum atomic E-state index is 12.1. The van der Waals surface area contributed by atoms with E-state index in [0.29, 0.717) is 28.8 Å². The number of primary amides is 1. The molecule has 0 spiro atoms. The Kier molecular flexibility index (Phi) is 5.21. The molecule has 28 heavy (non-hydrogen) atoms. The van der Waals surface area contributed by atoms with Gasteiger partial charge in [0.1, 0.15) is 0 Å². The summed E-state index contributed by atoms with van der Waals surface area (Å²) < 4.78 is 5.42. The number of hydrogen-bond donors (Lipinski definition) is 2. The Morgan fingerprint density at radius 2 is 2.00 bits per heavy atom. The third-order valence-corrected chi connectivity index (χ3v) is 5.26. The van der Waals surface area contributed by atoms with Crippen LogP contribution in [0.3, 0.4) is 0 Å². The summed E-state index contributed by atoms with van der Waals surface area (Å²) in [7, 11) is 0. The quantitative estimate of drug-likeness (QED) is 0.817. The minimum absolute atomic E-state index is 0.0765. The zero-order valence-corrected chi connectivity index (χ0v) is 15.6. The van der Waals surface area contributed by atoms with Crippen LogP contribution in [-0.4, -0.2) is 48.1 Å². The fourth-order valence-corrected chi connectivity index (χ4v) is 3.61. The van der Waals surface area contributed by atoms with Crippen LogP contribution in [0.15, 0.2) is 30.5 Å². The number of fused-ring (bicyclic) bond motifs is 1. The highest BCUT2D eigenvalue weighted by molar-refractivity contribution is 5.99. The molecule has 146 valence electrons. The van der Waals surface area contributed by atoms with Crippen molar-refractivity contribution in [3.05, 3.63) is 36.0 Å². The first-order valence-corrected chi connectivity index (χ1v) is 9.50. The first-order chi connectivity index (χ1) is 13.6. The van der Waals surface area contributed by atoms with Crippen LogP contribution >= 0.6 is 0 Å². The van der Waals surface area contributed by atoms with Crippen molar-refractivity contribution >= 4 is 23.5 Å². The molecule has 2 aliphatic rings. The number of nitrogens with two attached hydrogens (primary N) is 1. The van der Waals surface area contributed by atoms with Crippen molar-refractivity contribution in [2.45, 2.75) is 19.3 Å². The molecule has 2 aliphatic heterocycles. The fourth-order valence-electron chi connectivity index (χ4n) is 3.61. The number of rotatable bonds is 5. The molecule has 1 fully saturated rings. The second-order valence-electron chi connectivity index (χ2n) is 7.18. The summed E-state index contributed by atoms with van der Waals surface area (Å²) in [5.74, 6) is 1.24. The maximum Gasteiger partial charge on any atom is 0.248 e. The van der Waals surface area contributed by atoms with Gasteiger partial charge in [0.2, 0.25) is 11.8 Å². The molecule has 0 radical (unpaired) electrons. The largest absolute Gasteiger partial charge is 0.381 e. The summed E-state index contributed by atoms with van der Waals surface area (Å²) in [5.41, 5.74) is 7.26. The minimum Gasteiger partial charge on any atom is -0.381 e. The molecule has 8 nitrogen and oxygen atoms in total. The van der Waals surface area contributed by atoms with Crippen molar-refractivity contribution in [1.82, 2.24) is 9.97 Å². The average molecular weight is 381 g/mol. The monoisotopic (exact) mass is 381 g/mol. The second-order valence-corrected chi connectivity index (χ2v) is 7.18. The molecule has 1 aromatic carbocycles. The predicted octanol–water partition coefficient (Wildman–Crippen LogP) is 1.82. The van der Waals surface area contributed by atoms with Gasteiger partial charge in [-0.25, -0.2) is 9.97 Å². The number of aromatic nitrogens is 2. The topological polar surface area (TPSA) is 110 Å². The Morgan fingerprint density at radius 1 is 1.25 bits per heavy atom. The van der Waals surface area contributed by atoms with E-state index in [0.717, 1.165) is 44.6 Å². The maximum absolute atomic E-state index is 12.1. The summed E-state index contributed by atoms with van der Waals surface area (Å²) in [6.07, 6.45) is 4.74. The SMILES string of the molecule is NC(=O)c1ccc(-c2cnc3c(n2)N(CCC2CCOCC2)CC(=O)N3)cc1. The van der Waals surface area contributed by atoms with Crippen LogP contribution in [0.25, 0.3) is 11.3 Å². The van der Waals surface area contributed by atoms with Gasteiger partial charge in [-0.15, -0.1) is 0 Å². The smallest absolute Gasteiger partial charge is 0.248 e. The van der Waals surface area contributed by atoms with E-state index in [4.69, 9.17) is 15.5 Å². The summed E-state index contributed by atoms with van der Waals surface area (Å²) >= 11 is 0. The van der Waals surface area contributed by atoms with Crippen molar-refractivity contribution in [1.29, 1.82) is 0 Å². The molecule has 1 aromatic heterocycles. The van der Waals surface area contributed by atoms with Gasteiger partial charge in [-0.2, -0.15) is 0 Å². The molecule has 0 saturated carbocycles. The van der Waals surface area contributed by atoms with Crippen molar-refractivity contribution in [2.75, 3.05) is 36.5 Å². The van der Waals surface area contributed by atoms with Crippen molar-refractivity contribution in [2.24, 2.45) is 11.7 Å². The van der Waals surface area contributed by atoms with Crippen LogP contribution in [0, 0.1) is 5.92 Å². The molecule has 2 aromatic rings. The number of nitrogens with one attached hydrogen (secondary N) is 1. The Bertz CT molecular complexity index is 878. The van der Waals surface area contributed by atoms with Crippen molar-refractivity contribution < 1.29 is 14.3 Å². The molecule has 0 bridgehead atoms. The van der Waals surface area contributed by atoms with E-state index < -0.39 is 5.91 Å². The fraction of sp³-hybridized carbons (Fsp3) is 0.400. The summed E-state index contributed by atoms with van der Waals surface area (Å²) in [5, 5.41) is 2.80. The van der Waals surface area contributed by atoms with E-state index in [9.17, 15) is 9.59 Å². The van der Waals surface area contributed by atoms with E-state index in [1.165, 1.54) is 0 Å². The Balaban J connectivity index is 1.56. The van der Waals surface area contributed by atoms with Crippen molar-refractivity contribution in [3.8, 4) is 11.3 Å².